The lowest BCUT2D eigenvalue weighted by Crippen LogP contribution is -2.49. The summed E-state index contributed by atoms with van der Waals surface area (Å²) in [6, 6.07) is 6.62. The van der Waals surface area contributed by atoms with Crippen molar-refractivity contribution < 1.29 is 9.53 Å². The van der Waals surface area contributed by atoms with Crippen molar-refractivity contribution in [1.82, 2.24) is 19.6 Å². The lowest BCUT2D eigenvalue weighted by Gasteiger charge is -2.35. The third-order valence-electron chi connectivity index (χ3n) is 7.35. The number of fused-ring (bicyclic) bond motifs is 2. The first-order valence-corrected chi connectivity index (χ1v) is 11.4. The zero-order valence-electron chi connectivity index (χ0n) is 18.9. The van der Waals surface area contributed by atoms with Gasteiger partial charge in [0.25, 0.3) is 0 Å². The number of likely N-dealkylation sites (N-methyl/N-ethyl adjacent to an activating group) is 1. The highest BCUT2D eigenvalue weighted by Crippen LogP contribution is 2.48. The van der Waals surface area contributed by atoms with Gasteiger partial charge in [0, 0.05) is 75.8 Å². The first-order valence-electron chi connectivity index (χ1n) is 11.4. The number of aryl methyl sites for hydroxylation is 2. The number of hydrogen-bond acceptors (Lipinski definition) is 5. The molecule has 2 aromatic rings. The minimum atomic E-state index is -0.00250. The average molecular weight is 424 g/mol. The predicted molar refractivity (Wildman–Crippen MR) is 121 cm³/mol. The fourth-order valence-electron chi connectivity index (χ4n) is 5.41. The van der Waals surface area contributed by atoms with Crippen LogP contribution in [0.15, 0.2) is 24.4 Å². The molecular formula is C24H33N5O2. The quantitative estimate of drug-likeness (QED) is 0.756. The molecule has 1 aromatic carbocycles. The van der Waals surface area contributed by atoms with Crippen LogP contribution < -0.4 is 4.90 Å². The van der Waals surface area contributed by atoms with Gasteiger partial charge in [0.2, 0.25) is 5.91 Å². The summed E-state index contributed by atoms with van der Waals surface area (Å²) in [4.78, 5) is 20.1. The van der Waals surface area contributed by atoms with Crippen molar-refractivity contribution in [3.8, 4) is 11.1 Å². The van der Waals surface area contributed by atoms with E-state index >= 15 is 0 Å². The lowest BCUT2D eigenvalue weighted by molar-refractivity contribution is -0.120. The molecule has 7 nitrogen and oxygen atoms in total. The van der Waals surface area contributed by atoms with Gasteiger partial charge in [-0.2, -0.15) is 5.10 Å². The topological polar surface area (TPSA) is 53.8 Å². The molecule has 3 aliphatic heterocycles. The van der Waals surface area contributed by atoms with E-state index < -0.39 is 0 Å². The van der Waals surface area contributed by atoms with Crippen LogP contribution in [0.1, 0.15) is 24.1 Å². The molecule has 0 N–H and O–H groups in total. The predicted octanol–water partition coefficient (Wildman–Crippen LogP) is 2.04. The minimum absolute atomic E-state index is 0.00250. The van der Waals surface area contributed by atoms with Crippen LogP contribution in [-0.2, 0) is 22.0 Å². The van der Waals surface area contributed by atoms with Gasteiger partial charge in [0.05, 0.1) is 12.2 Å². The van der Waals surface area contributed by atoms with Gasteiger partial charge < -0.3 is 14.5 Å². The van der Waals surface area contributed by atoms with Gasteiger partial charge in [-0.15, -0.1) is 0 Å². The van der Waals surface area contributed by atoms with E-state index in [4.69, 9.17) is 4.74 Å². The maximum atomic E-state index is 13.4. The third kappa shape index (κ3) is 3.79. The number of piperazine rings is 1. The second-order valence-corrected chi connectivity index (χ2v) is 9.49. The maximum absolute atomic E-state index is 13.4. The molecule has 3 aliphatic rings. The molecule has 0 radical (unpaired) electrons. The first-order chi connectivity index (χ1) is 14.9. The molecule has 0 unspecified atom stereocenters. The zero-order valence-corrected chi connectivity index (χ0v) is 18.9. The lowest BCUT2D eigenvalue weighted by atomic mass is 9.75. The highest BCUT2D eigenvalue weighted by Gasteiger charge is 2.45. The molecule has 7 heteroatoms. The molecule has 0 atom stereocenters. The van der Waals surface area contributed by atoms with Gasteiger partial charge in [-0.1, -0.05) is 6.07 Å². The Morgan fingerprint density at radius 3 is 2.55 bits per heavy atom. The molecule has 1 aromatic heterocycles. The number of hydrogen-bond donors (Lipinski definition) is 0. The number of benzene rings is 1. The molecule has 166 valence electrons. The Bertz CT molecular complexity index is 970. The van der Waals surface area contributed by atoms with Crippen LogP contribution in [0.25, 0.3) is 11.1 Å². The first kappa shape index (κ1) is 20.7. The van der Waals surface area contributed by atoms with Crippen molar-refractivity contribution in [3.63, 3.8) is 0 Å². The molecule has 0 saturated carbocycles. The van der Waals surface area contributed by atoms with Crippen molar-refractivity contribution in [3.05, 3.63) is 35.7 Å². The third-order valence-corrected chi connectivity index (χ3v) is 7.35. The van der Waals surface area contributed by atoms with Crippen LogP contribution in [0.2, 0.25) is 0 Å². The summed E-state index contributed by atoms with van der Waals surface area (Å²) in [6.45, 7) is 8.82. The van der Waals surface area contributed by atoms with Gasteiger partial charge in [-0.05, 0) is 50.1 Å². The van der Waals surface area contributed by atoms with Crippen LogP contribution in [0.4, 0.5) is 5.69 Å². The van der Waals surface area contributed by atoms with E-state index in [0.29, 0.717) is 6.54 Å². The smallest absolute Gasteiger partial charge is 0.241 e. The number of ether oxygens (including phenoxy) is 1. The van der Waals surface area contributed by atoms with Crippen LogP contribution >= 0.6 is 0 Å². The Morgan fingerprint density at radius 2 is 1.87 bits per heavy atom. The summed E-state index contributed by atoms with van der Waals surface area (Å²) < 4.78 is 7.58. The van der Waals surface area contributed by atoms with Crippen molar-refractivity contribution in [2.24, 2.45) is 7.05 Å². The zero-order chi connectivity index (χ0) is 21.6. The van der Waals surface area contributed by atoms with Gasteiger partial charge in [-0.3, -0.25) is 14.4 Å². The van der Waals surface area contributed by atoms with Crippen molar-refractivity contribution in [1.29, 1.82) is 0 Å². The molecule has 2 fully saturated rings. The molecule has 0 bridgehead atoms. The van der Waals surface area contributed by atoms with Gasteiger partial charge in [0.1, 0.15) is 0 Å². The Labute approximate surface area is 184 Å². The van der Waals surface area contributed by atoms with Crippen molar-refractivity contribution in [2.75, 3.05) is 64.4 Å². The molecule has 0 aliphatic carbocycles. The summed E-state index contributed by atoms with van der Waals surface area (Å²) in [5.41, 5.74) is 5.77. The van der Waals surface area contributed by atoms with E-state index in [9.17, 15) is 4.79 Å². The van der Waals surface area contributed by atoms with Gasteiger partial charge in [-0.25, -0.2) is 0 Å². The number of carbonyl (C=O) groups is 1. The van der Waals surface area contributed by atoms with Crippen LogP contribution in [0.5, 0.6) is 0 Å². The van der Waals surface area contributed by atoms with Crippen molar-refractivity contribution >= 4 is 11.6 Å². The van der Waals surface area contributed by atoms with E-state index in [1.54, 1.807) is 0 Å². The van der Waals surface area contributed by atoms with E-state index in [2.05, 4.69) is 58.2 Å². The van der Waals surface area contributed by atoms with E-state index in [1.807, 2.05) is 11.7 Å². The van der Waals surface area contributed by atoms with Crippen LogP contribution in [-0.4, -0.2) is 85.0 Å². The molecule has 1 spiro atoms. The Morgan fingerprint density at radius 1 is 1.13 bits per heavy atom. The standard InChI is InChI=1S/C24H33N5O2/c1-18-20(15-27(3)25-18)19-4-5-22-21(14-19)24(6-12-31-13-7-24)17-29(22)23(30)16-28-10-8-26(2)9-11-28/h4-5,14-15H,6-13,16-17H2,1-3H3. The second-order valence-electron chi connectivity index (χ2n) is 9.49. The molecule has 4 heterocycles. The molecule has 5 rings (SSSR count). The Balaban J connectivity index is 1.46. The average Bonchev–Trinajstić information content (AvgIpc) is 3.27. The summed E-state index contributed by atoms with van der Waals surface area (Å²) in [5.74, 6) is 0.222. The van der Waals surface area contributed by atoms with Gasteiger partial charge >= 0.3 is 0 Å². The minimum Gasteiger partial charge on any atom is -0.381 e. The molecular weight excluding hydrogens is 390 g/mol. The normalized spacial score (nSPS) is 21.6. The Hall–Kier alpha value is -2.22. The summed E-state index contributed by atoms with van der Waals surface area (Å²) in [6.07, 6.45) is 4.01. The Kier molecular flexibility index (Phi) is 5.36. The highest BCUT2D eigenvalue weighted by atomic mass is 16.5. The second kappa shape index (κ2) is 8.04. The SMILES string of the molecule is Cc1nn(C)cc1-c1ccc2c(c1)C1(CCOCC1)CN2C(=O)CN1CCN(C)CC1. The number of aromatic nitrogens is 2. The molecule has 1 amide bonds. The fraction of sp³-hybridized carbons (Fsp3) is 0.583. The van der Waals surface area contributed by atoms with Gasteiger partial charge in [0.15, 0.2) is 0 Å². The van der Waals surface area contributed by atoms with Crippen LogP contribution in [0.3, 0.4) is 0 Å². The number of carbonyl (C=O) groups excluding carboxylic acids is 1. The van der Waals surface area contributed by atoms with Crippen molar-refractivity contribution in [2.45, 2.75) is 25.2 Å². The summed E-state index contributed by atoms with van der Waals surface area (Å²) >= 11 is 0. The van der Waals surface area contributed by atoms with E-state index in [-0.39, 0.29) is 11.3 Å². The monoisotopic (exact) mass is 423 g/mol. The van der Waals surface area contributed by atoms with E-state index in [1.165, 1.54) is 11.1 Å². The van der Waals surface area contributed by atoms with E-state index in [0.717, 1.165) is 75.7 Å². The summed E-state index contributed by atoms with van der Waals surface area (Å²) in [5, 5.41) is 4.52. The largest absolute Gasteiger partial charge is 0.381 e. The molecule has 31 heavy (non-hydrogen) atoms. The summed E-state index contributed by atoms with van der Waals surface area (Å²) in [7, 11) is 4.11. The maximum Gasteiger partial charge on any atom is 0.241 e. The number of anilines is 1. The number of rotatable bonds is 3. The number of nitrogens with zero attached hydrogens (tertiary/aromatic N) is 5. The molecule has 2 saturated heterocycles. The van der Waals surface area contributed by atoms with Crippen LogP contribution in [0, 0.1) is 6.92 Å². The fourth-order valence-corrected chi connectivity index (χ4v) is 5.41. The number of amides is 1. The highest BCUT2D eigenvalue weighted by molar-refractivity contribution is 5.98.